The first kappa shape index (κ1) is 13.7. The number of hydrogen-bond acceptors (Lipinski definition) is 5. The van der Waals surface area contributed by atoms with E-state index >= 15 is 0 Å². The summed E-state index contributed by atoms with van der Waals surface area (Å²) in [7, 11) is 0. The van der Waals surface area contributed by atoms with Crippen molar-refractivity contribution in [1.29, 1.82) is 0 Å². The summed E-state index contributed by atoms with van der Waals surface area (Å²) in [5.41, 5.74) is 1.74. The van der Waals surface area contributed by atoms with E-state index in [4.69, 9.17) is 0 Å². The molecule has 0 aliphatic heterocycles. The van der Waals surface area contributed by atoms with Crippen LogP contribution in [0.25, 0.3) is 0 Å². The van der Waals surface area contributed by atoms with Gasteiger partial charge >= 0.3 is 0 Å². The van der Waals surface area contributed by atoms with Crippen LogP contribution in [0.15, 0.2) is 5.38 Å². The highest BCUT2D eigenvalue weighted by Gasteiger charge is 2.20. The summed E-state index contributed by atoms with van der Waals surface area (Å²) >= 11 is 3.23. The summed E-state index contributed by atoms with van der Waals surface area (Å²) < 4.78 is 0. The summed E-state index contributed by atoms with van der Waals surface area (Å²) in [6.07, 6.45) is 4.71. The van der Waals surface area contributed by atoms with Crippen LogP contribution in [0.2, 0.25) is 0 Å². The van der Waals surface area contributed by atoms with Crippen molar-refractivity contribution in [3.63, 3.8) is 0 Å². The largest absolute Gasteiger partial charge is 0.342 e. The van der Waals surface area contributed by atoms with Gasteiger partial charge in [-0.1, -0.05) is 0 Å². The van der Waals surface area contributed by atoms with Gasteiger partial charge in [0, 0.05) is 10.3 Å². The zero-order chi connectivity index (χ0) is 14.1. The average molecular weight is 307 g/mol. The van der Waals surface area contributed by atoms with Crippen molar-refractivity contribution in [1.82, 2.24) is 15.3 Å². The van der Waals surface area contributed by atoms with Crippen molar-refractivity contribution in [2.24, 2.45) is 0 Å². The van der Waals surface area contributed by atoms with Gasteiger partial charge in [0.2, 0.25) is 0 Å². The molecule has 0 saturated heterocycles. The monoisotopic (exact) mass is 307 g/mol. The summed E-state index contributed by atoms with van der Waals surface area (Å²) in [6, 6.07) is -0.0555. The van der Waals surface area contributed by atoms with E-state index in [1.807, 2.05) is 13.8 Å². The fourth-order valence-electron chi connectivity index (χ4n) is 2.36. The fourth-order valence-corrected chi connectivity index (χ4v) is 4.11. The van der Waals surface area contributed by atoms with Crippen LogP contribution in [0.5, 0.6) is 0 Å². The van der Waals surface area contributed by atoms with Crippen molar-refractivity contribution in [3.05, 3.63) is 31.7 Å². The maximum Gasteiger partial charge on any atom is 0.271 e. The van der Waals surface area contributed by atoms with Crippen molar-refractivity contribution >= 4 is 28.6 Å². The molecule has 1 aliphatic rings. The first-order valence-electron chi connectivity index (χ1n) is 6.85. The molecule has 4 nitrogen and oxygen atoms in total. The van der Waals surface area contributed by atoms with Crippen molar-refractivity contribution in [2.45, 2.75) is 45.6 Å². The molecule has 0 aromatic carbocycles. The normalized spacial score (nSPS) is 15.7. The first-order chi connectivity index (χ1) is 9.63. The zero-order valence-corrected chi connectivity index (χ0v) is 13.2. The number of thiazole rings is 2. The number of fused-ring (bicyclic) bond motifs is 1. The Kier molecular flexibility index (Phi) is 3.85. The molecular weight excluding hydrogens is 290 g/mol. The van der Waals surface area contributed by atoms with E-state index in [0.717, 1.165) is 22.9 Å². The van der Waals surface area contributed by atoms with E-state index in [0.29, 0.717) is 5.69 Å². The van der Waals surface area contributed by atoms with E-state index in [-0.39, 0.29) is 11.9 Å². The van der Waals surface area contributed by atoms with E-state index in [2.05, 4.69) is 15.3 Å². The van der Waals surface area contributed by atoms with Crippen LogP contribution in [-0.4, -0.2) is 15.9 Å². The summed E-state index contributed by atoms with van der Waals surface area (Å²) in [6.45, 7) is 3.89. The SMILES string of the molecule is Cc1nc(C(=O)NC(C)c2nc3c(s2)CCCC3)cs1. The zero-order valence-electron chi connectivity index (χ0n) is 11.6. The molecule has 0 radical (unpaired) electrons. The van der Waals surface area contributed by atoms with Gasteiger partial charge in [-0.25, -0.2) is 9.97 Å². The van der Waals surface area contributed by atoms with E-state index in [1.165, 1.54) is 34.7 Å². The number of aryl methyl sites for hydroxylation is 3. The summed E-state index contributed by atoms with van der Waals surface area (Å²) in [5, 5.41) is 6.71. The van der Waals surface area contributed by atoms with E-state index in [9.17, 15) is 4.79 Å². The predicted molar refractivity (Wildman–Crippen MR) is 81.5 cm³/mol. The van der Waals surface area contributed by atoms with Gasteiger partial charge in [0.15, 0.2) is 0 Å². The molecule has 0 spiro atoms. The Bertz CT molecular complexity index is 609. The Morgan fingerprint density at radius 1 is 1.35 bits per heavy atom. The number of nitrogens with zero attached hydrogens (tertiary/aromatic N) is 2. The van der Waals surface area contributed by atoms with Gasteiger partial charge in [-0.05, 0) is 39.5 Å². The quantitative estimate of drug-likeness (QED) is 0.947. The molecule has 1 atom stereocenters. The van der Waals surface area contributed by atoms with Gasteiger partial charge in [-0.2, -0.15) is 0 Å². The Labute approximate surface area is 126 Å². The van der Waals surface area contributed by atoms with Crippen LogP contribution in [0.4, 0.5) is 0 Å². The number of carbonyl (C=O) groups excluding carboxylic acids is 1. The van der Waals surface area contributed by atoms with Gasteiger partial charge in [0.25, 0.3) is 5.91 Å². The lowest BCUT2D eigenvalue weighted by molar-refractivity contribution is 0.0935. The predicted octanol–water partition coefficient (Wildman–Crippen LogP) is 3.28. The van der Waals surface area contributed by atoms with Crippen LogP contribution in [0, 0.1) is 6.92 Å². The lowest BCUT2D eigenvalue weighted by Gasteiger charge is -2.09. The second kappa shape index (κ2) is 5.61. The molecule has 2 heterocycles. The van der Waals surface area contributed by atoms with Crippen molar-refractivity contribution in [3.8, 4) is 0 Å². The minimum atomic E-state index is -0.116. The third-order valence-corrected chi connectivity index (χ3v) is 5.55. The fraction of sp³-hybridized carbons (Fsp3) is 0.500. The van der Waals surface area contributed by atoms with Crippen LogP contribution in [0.3, 0.4) is 0 Å². The Balaban J connectivity index is 1.71. The molecule has 6 heteroatoms. The van der Waals surface area contributed by atoms with Crippen molar-refractivity contribution in [2.75, 3.05) is 0 Å². The molecule has 0 saturated carbocycles. The lowest BCUT2D eigenvalue weighted by atomic mass is 10.0. The highest BCUT2D eigenvalue weighted by atomic mass is 32.1. The van der Waals surface area contributed by atoms with Crippen LogP contribution in [-0.2, 0) is 12.8 Å². The molecule has 0 fully saturated rings. The van der Waals surface area contributed by atoms with Crippen molar-refractivity contribution < 1.29 is 4.79 Å². The van der Waals surface area contributed by atoms with Crippen LogP contribution < -0.4 is 5.32 Å². The van der Waals surface area contributed by atoms with E-state index < -0.39 is 0 Å². The lowest BCUT2D eigenvalue weighted by Crippen LogP contribution is -2.26. The van der Waals surface area contributed by atoms with Gasteiger partial charge < -0.3 is 5.32 Å². The second-order valence-electron chi connectivity index (χ2n) is 5.08. The summed E-state index contributed by atoms with van der Waals surface area (Å²) in [4.78, 5) is 22.4. The van der Waals surface area contributed by atoms with E-state index in [1.54, 1.807) is 16.7 Å². The molecule has 1 aliphatic carbocycles. The Morgan fingerprint density at radius 2 is 2.15 bits per heavy atom. The summed E-state index contributed by atoms with van der Waals surface area (Å²) in [5.74, 6) is -0.116. The number of carbonyl (C=O) groups is 1. The minimum Gasteiger partial charge on any atom is -0.342 e. The maximum atomic E-state index is 12.1. The Hall–Kier alpha value is -1.27. The molecule has 2 aromatic heterocycles. The van der Waals surface area contributed by atoms with Gasteiger partial charge in [-0.3, -0.25) is 4.79 Å². The number of hydrogen-bond donors (Lipinski definition) is 1. The highest BCUT2D eigenvalue weighted by Crippen LogP contribution is 2.29. The second-order valence-corrected chi connectivity index (χ2v) is 7.25. The number of amides is 1. The third-order valence-electron chi connectivity index (χ3n) is 3.43. The standard InChI is InChI=1S/C14H17N3OS2/c1-8(15-13(18)11-7-19-9(2)16-11)14-17-10-5-3-4-6-12(10)20-14/h7-8H,3-6H2,1-2H3,(H,15,18). The minimum absolute atomic E-state index is 0.0555. The molecule has 2 aromatic rings. The molecule has 0 bridgehead atoms. The Morgan fingerprint density at radius 3 is 2.85 bits per heavy atom. The number of aromatic nitrogens is 2. The van der Waals surface area contributed by atoms with Crippen LogP contribution >= 0.6 is 22.7 Å². The molecule has 1 unspecified atom stereocenters. The first-order valence-corrected chi connectivity index (χ1v) is 8.54. The molecule has 1 amide bonds. The molecule has 3 rings (SSSR count). The molecule has 106 valence electrons. The molecule has 20 heavy (non-hydrogen) atoms. The van der Waals surface area contributed by atoms with Gasteiger partial charge in [0.1, 0.15) is 10.7 Å². The van der Waals surface area contributed by atoms with Gasteiger partial charge in [-0.15, -0.1) is 22.7 Å². The third kappa shape index (κ3) is 2.76. The topological polar surface area (TPSA) is 54.9 Å². The highest BCUT2D eigenvalue weighted by molar-refractivity contribution is 7.11. The van der Waals surface area contributed by atoms with Crippen LogP contribution in [0.1, 0.15) is 56.9 Å². The van der Waals surface area contributed by atoms with Gasteiger partial charge in [0.05, 0.1) is 16.7 Å². The molecular formula is C14H17N3OS2. The maximum absolute atomic E-state index is 12.1. The average Bonchev–Trinajstić information content (AvgIpc) is 3.04. The molecule has 1 N–H and O–H groups in total. The smallest absolute Gasteiger partial charge is 0.271 e. The number of nitrogens with one attached hydrogen (secondary N) is 1. The number of rotatable bonds is 3.